The van der Waals surface area contributed by atoms with Crippen LogP contribution in [0.25, 0.3) is 0 Å². The van der Waals surface area contributed by atoms with Gasteiger partial charge < -0.3 is 19.3 Å². The molecule has 0 aromatic rings. The van der Waals surface area contributed by atoms with E-state index in [1.165, 1.54) is 0 Å². The first kappa shape index (κ1) is 22.9. The van der Waals surface area contributed by atoms with E-state index in [4.69, 9.17) is 19.3 Å². The zero-order chi connectivity index (χ0) is 18.0. The average molecular weight is 346 g/mol. The number of hydrogen-bond acceptors (Lipinski definition) is 5. The first-order valence-corrected chi connectivity index (χ1v) is 9.20. The van der Waals surface area contributed by atoms with Crippen molar-refractivity contribution in [3.05, 3.63) is 0 Å². The summed E-state index contributed by atoms with van der Waals surface area (Å²) in [5, 5.41) is 8.50. The molecule has 0 aromatic carbocycles. The number of carboxylic acids is 1. The molecule has 0 fully saturated rings. The van der Waals surface area contributed by atoms with Crippen LogP contribution in [0.5, 0.6) is 0 Å². The second kappa shape index (κ2) is 16.7. The van der Waals surface area contributed by atoms with Crippen LogP contribution in [0.4, 0.5) is 0 Å². The highest BCUT2D eigenvalue weighted by molar-refractivity contribution is 5.71. The van der Waals surface area contributed by atoms with Gasteiger partial charge in [0.15, 0.2) is 6.29 Å². The van der Waals surface area contributed by atoms with Crippen LogP contribution in [0.2, 0.25) is 0 Å². The summed E-state index contributed by atoms with van der Waals surface area (Å²) in [6.07, 6.45) is 6.99. The molecular formula is C18H34O6. The Balaban J connectivity index is 3.72. The lowest BCUT2D eigenvalue weighted by Gasteiger charge is -2.18. The van der Waals surface area contributed by atoms with E-state index >= 15 is 0 Å². The highest BCUT2D eigenvalue weighted by Crippen LogP contribution is 2.09. The summed E-state index contributed by atoms with van der Waals surface area (Å²) >= 11 is 0. The van der Waals surface area contributed by atoms with Gasteiger partial charge in [0.05, 0.1) is 6.61 Å². The summed E-state index contributed by atoms with van der Waals surface area (Å²) in [5.41, 5.74) is 0. The second-order valence-corrected chi connectivity index (χ2v) is 5.84. The fraction of sp³-hybridized carbons (Fsp3) is 0.889. The maximum atomic E-state index is 11.4. The number of carbonyl (C=O) groups is 2. The molecular weight excluding hydrogens is 312 g/mol. The van der Waals surface area contributed by atoms with Crippen molar-refractivity contribution in [2.75, 3.05) is 19.8 Å². The number of esters is 1. The third-order valence-corrected chi connectivity index (χ3v) is 3.47. The summed E-state index contributed by atoms with van der Waals surface area (Å²) in [6, 6.07) is 0. The molecule has 0 aliphatic rings. The summed E-state index contributed by atoms with van der Waals surface area (Å²) in [5.74, 6) is -1.22. The predicted octanol–water partition coefficient (Wildman–Crippen LogP) is 3.91. The van der Waals surface area contributed by atoms with Gasteiger partial charge in [-0.05, 0) is 38.5 Å². The number of carbonyl (C=O) groups excluding carboxylic acids is 1. The molecule has 0 unspecified atom stereocenters. The van der Waals surface area contributed by atoms with Crippen LogP contribution in [0.1, 0.15) is 78.1 Å². The third kappa shape index (κ3) is 15.7. The van der Waals surface area contributed by atoms with Gasteiger partial charge in [0.1, 0.15) is 0 Å². The molecule has 0 aliphatic carbocycles. The Bertz CT molecular complexity index is 309. The van der Waals surface area contributed by atoms with Gasteiger partial charge in [0.2, 0.25) is 0 Å². The minimum Gasteiger partial charge on any atom is -0.481 e. The SMILES string of the molecule is CCCCOC(CCCCOC(=O)CCCC(=O)O)OCCCC. The number of unbranched alkanes of at least 4 members (excludes halogenated alkanes) is 3. The average Bonchev–Trinajstić information content (AvgIpc) is 2.54. The molecule has 0 aliphatic heterocycles. The van der Waals surface area contributed by atoms with E-state index < -0.39 is 5.97 Å². The van der Waals surface area contributed by atoms with Gasteiger partial charge in [-0.1, -0.05) is 26.7 Å². The van der Waals surface area contributed by atoms with E-state index in [9.17, 15) is 9.59 Å². The number of hydrogen-bond donors (Lipinski definition) is 1. The molecule has 0 saturated heterocycles. The molecule has 0 rings (SSSR count). The molecule has 6 heteroatoms. The molecule has 0 heterocycles. The van der Waals surface area contributed by atoms with Crippen molar-refractivity contribution in [2.24, 2.45) is 0 Å². The van der Waals surface area contributed by atoms with E-state index in [-0.39, 0.29) is 25.1 Å². The van der Waals surface area contributed by atoms with Crippen molar-refractivity contribution in [1.82, 2.24) is 0 Å². The van der Waals surface area contributed by atoms with E-state index in [1.54, 1.807) is 0 Å². The van der Waals surface area contributed by atoms with Crippen LogP contribution in [0.15, 0.2) is 0 Å². The number of ether oxygens (including phenoxy) is 3. The normalized spacial score (nSPS) is 11.0. The minimum atomic E-state index is -0.889. The lowest BCUT2D eigenvalue weighted by molar-refractivity contribution is -0.149. The highest BCUT2D eigenvalue weighted by atomic mass is 16.7. The quantitative estimate of drug-likeness (QED) is 0.244. The highest BCUT2D eigenvalue weighted by Gasteiger charge is 2.10. The van der Waals surface area contributed by atoms with Crippen LogP contribution in [0, 0.1) is 0 Å². The van der Waals surface area contributed by atoms with E-state index in [1.807, 2.05) is 0 Å². The number of aliphatic carboxylic acids is 1. The Hall–Kier alpha value is -1.14. The largest absolute Gasteiger partial charge is 0.481 e. The topological polar surface area (TPSA) is 82.1 Å². The third-order valence-electron chi connectivity index (χ3n) is 3.47. The first-order valence-electron chi connectivity index (χ1n) is 9.20. The second-order valence-electron chi connectivity index (χ2n) is 5.84. The molecule has 0 bridgehead atoms. The van der Waals surface area contributed by atoms with Crippen LogP contribution >= 0.6 is 0 Å². The Kier molecular flexibility index (Phi) is 15.9. The maximum Gasteiger partial charge on any atom is 0.305 e. The standard InChI is InChI=1S/C18H34O6/c1-3-5-13-23-18(24-14-6-4-2)12-7-8-15-22-17(21)11-9-10-16(19)20/h18H,3-15H2,1-2H3,(H,19,20). The van der Waals surface area contributed by atoms with Crippen LogP contribution in [0.3, 0.4) is 0 Å². The molecule has 0 amide bonds. The lowest BCUT2D eigenvalue weighted by atomic mass is 10.2. The lowest BCUT2D eigenvalue weighted by Crippen LogP contribution is -2.19. The van der Waals surface area contributed by atoms with Crippen LogP contribution in [-0.4, -0.2) is 43.2 Å². The molecule has 1 N–H and O–H groups in total. The Morgan fingerprint density at radius 2 is 1.46 bits per heavy atom. The van der Waals surface area contributed by atoms with E-state index in [0.717, 1.165) is 44.9 Å². The van der Waals surface area contributed by atoms with E-state index in [2.05, 4.69) is 13.8 Å². The van der Waals surface area contributed by atoms with Gasteiger partial charge >= 0.3 is 11.9 Å². The minimum absolute atomic E-state index is 0.000970. The summed E-state index contributed by atoms with van der Waals surface area (Å²) in [4.78, 5) is 21.8. The maximum absolute atomic E-state index is 11.4. The van der Waals surface area contributed by atoms with Crippen molar-refractivity contribution in [3.8, 4) is 0 Å². The van der Waals surface area contributed by atoms with E-state index in [0.29, 0.717) is 26.2 Å². The summed E-state index contributed by atoms with van der Waals surface area (Å²) in [7, 11) is 0. The van der Waals surface area contributed by atoms with Crippen LogP contribution < -0.4 is 0 Å². The molecule has 0 aromatic heterocycles. The van der Waals surface area contributed by atoms with Crippen molar-refractivity contribution >= 4 is 11.9 Å². The van der Waals surface area contributed by atoms with Crippen molar-refractivity contribution in [1.29, 1.82) is 0 Å². The summed E-state index contributed by atoms with van der Waals surface area (Å²) < 4.78 is 16.6. The van der Waals surface area contributed by atoms with Crippen LogP contribution in [-0.2, 0) is 23.8 Å². The van der Waals surface area contributed by atoms with Crippen molar-refractivity contribution in [2.45, 2.75) is 84.3 Å². The Labute approximate surface area is 145 Å². The molecule has 6 nitrogen and oxygen atoms in total. The zero-order valence-electron chi connectivity index (χ0n) is 15.3. The zero-order valence-corrected chi connectivity index (χ0v) is 15.3. The summed E-state index contributed by atoms with van der Waals surface area (Å²) in [6.45, 7) is 6.04. The van der Waals surface area contributed by atoms with Crippen molar-refractivity contribution in [3.63, 3.8) is 0 Å². The monoisotopic (exact) mass is 346 g/mol. The Morgan fingerprint density at radius 3 is 2.00 bits per heavy atom. The molecule has 0 atom stereocenters. The van der Waals surface area contributed by atoms with Gasteiger partial charge in [-0.2, -0.15) is 0 Å². The fourth-order valence-electron chi connectivity index (χ4n) is 1.99. The molecule has 0 spiro atoms. The van der Waals surface area contributed by atoms with Gasteiger partial charge in [-0.3, -0.25) is 9.59 Å². The van der Waals surface area contributed by atoms with Gasteiger partial charge in [0, 0.05) is 26.1 Å². The number of rotatable bonds is 17. The molecule has 0 saturated carbocycles. The molecule has 24 heavy (non-hydrogen) atoms. The smallest absolute Gasteiger partial charge is 0.305 e. The number of carboxylic acid groups (broad SMARTS) is 1. The van der Waals surface area contributed by atoms with Crippen molar-refractivity contribution < 1.29 is 28.9 Å². The first-order chi connectivity index (χ1) is 11.6. The van der Waals surface area contributed by atoms with Gasteiger partial charge in [0.25, 0.3) is 0 Å². The predicted molar refractivity (Wildman–Crippen MR) is 91.8 cm³/mol. The van der Waals surface area contributed by atoms with Gasteiger partial charge in [-0.15, -0.1) is 0 Å². The fourth-order valence-corrected chi connectivity index (χ4v) is 1.99. The molecule has 142 valence electrons. The molecule has 0 radical (unpaired) electrons. The Morgan fingerprint density at radius 1 is 0.833 bits per heavy atom. The van der Waals surface area contributed by atoms with Gasteiger partial charge in [-0.25, -0.2) is 0 Å².